The molecular formula is C22H31IN4O2. The number of benzene rings is 2. The molecule has 0 aromatic heterocycles. The summed E-state index contributed by atoms with van der Waals surface area (Å²) in [5.41, 5.74) is 0. The summed E-state index contributed by atoms with van der Waals surface area (Å²) in [5, 5.41) is 8.85. The number of nitrogens with zero attached hydrogens (tertiary/aromatic N) is 2. The quantitative estimate of drug-likeness (QED) is 0.247. The molecule has 0 saturated carbocycles. The molecule has 6 nitrogen and oxygen atoms in total. The van der Waals surface area contributed by atoms with Gasteiger partial charge in [0.1, 0.15) is 12.3 Å². The molecule has 1 aliphatic rings. The minimum atomic E-state index is 0. The molecule has 0 radical (unpaired) electrons. The molecule has 1 aliphatic heterocycles. The van der Waals surface area contributed by atoms with E-state index >= 15 is 0 Å². The summed E-state index contributed by atoms with van der Waals surface area (Å²) in [5.74, 6) is 1.67. The van der Waals surface area contributed by atoms with Gasteiger partial charge in [-0.15, -0.1) is 24.0 Å². The zero-order valence-corrected chi connectivity index (χ0v) is 19.4. The van der Waals surface area contributed by atoms with E-state index in [2.05, 4.69) is 39.9 Å². The third-order valence-electron chi connectivity index (χ3n) is 4.78. The Balaban J connectivity index is 0.00000300. The topological polar surface area (TPSA) is 66.0 Å². The van der Waals surface area contributed by atoms with Crippen LogP contribution < -0.4 is 15.4 Å². The van der Waals surface area contributed by atoms with Crippen molar-refractivity contribution in [1.82, 2.24) is 15.5 Å². The molecule has 158 valence electrons. The molecule has 0 aliphatic carbocycles. The highest BCUT2D eigenvalue weighted by atomic mass is 127. The fourth-order valence-corrected chi connectivity index (χ4v) is 3.28. The Bertz CT molecular complexity index is 806. The third kappa shape index (κ3) is 7.38. The van der Waals surface area contributed by atoms with Gasteiger partial charge in [-0.1, -0.05) is 30.3 Å². The normalized spacial score (nSPS) is 13.8. The Kier molecular flexibility index (Phi) is 10.0. The number of ether oxygens (including phenoxy) is 1. The average Bonchev–Trinajstić information content (AvgIpc) is 3.26. The first-order chi connectivity index (χ1) is 13.8. The summed E-state index contributed by atoms with van der Waals surface area (Å²) in [7, 11) is 0. The van der Waals surface area contributed by atoms with Gasteiger partial charge in [0.15, 0.2) is 5.96 Å². The molecule has 2 aromatic rings. The van der Waals surface area contributed by atoms with E-state index in [0.717, 1.165) is 51.2 Å². The Hall–Kier alpha value is -2.03. The summed E-state index contributed by atoms with van der Waals surface area (Å²) in [6.45, 7) is 6.06. The average molecular weight is 510 g/mol. The second kappa shape index (κ2) is 12.5. The minimum Gasteiger partial charge on any atom is -0.494 e. The maximum atomic E-state index is 12.1. The van der Waals surface area contributed by atoms with E-state index < -0.39 is 0 Å². The fraction of sp³-hybridized carbons (Fsp3) is 0.455. The van der Waals surface area contributed by atoms with Crippen molar-refractivity contribution in [2.24, 2.45) is 4.99 Å². The number of carbonyl (C=O) groups is 1. The first kappa shape index (κ1) is 23.3. The van der Waals surface area contributed by atoms with Gasteiger partial charge in [0, 0.05) is 26.2 Å². The highest BCUT2D eigenvalue weighted by Crippen LogP contribution is 2.20. The van der Waals surface area contributed by atoms with Crippen LogP contribution in [0.15, 0.2) is 47.5 Å². The monoisotopic (exact) mass is 510 g/mol. The highest BCUT2D eigenvalue weighted by Gasteiger charge is 2.17. The molecule has 0 atom stereocenters. The number of amides is 1. The number of carbonyl (C=O) groups excluding carboxylic acids is 1. The molecule has 0 spiro atoms. The Morgan fingerprint density at radius 1 is 1.10 bits per heavy atom. The van der Waals surface area contributed by atoms with Crippen molar-refractivity contribution in [3.63, 3.8) is 0 Å². The lowest BCUT2D eigenvalue weighted by molar-refractivity contribution is -0.128. The van der Waals surface area contributed by atoms with E-state index in [1.54, 1.807) is 0 Å². The van der Waals surface area contributed by atoms with E-state index in [-0.39, 0.29) is 36.4 Å². The van der Waals surface area contributed by atoms with Crippen molar-refractivity contribution < 1.29 is 9.53 Å². The molecule has 2 N–H and O–H groups in total. The molecule has 0 bridgehead atoms. The van der Waals surface area contributed by atoms with Gasteiger partial charge < -0.3 is 20.3 Å². The number of aliphatic imine (C=N–C) groups is 1. The summed E-state index contributed by atoms with van der Waals surface area (Å²) in [6.07, 6.45) is 3.05. The summed E-state index contributed by atoms with van der Waals surface area (Å²) in [4.78, 5) is 18.4. The van der Waals surface area contributed by atoms with Gasteiger partial charge >= 0.3 is 0 Å². The van der Waals surface area contributed by atoms with E-state index in [1.165, 1.54) is 10.8 Å². The van der Waals surface area contributed by atoms with Crippen LogP contribution in [0.3, 0.4) is 0 Å². The Morgan fingerprint density at radius 2 is 1.86 bits per heavy atom. The molecular weight excluding hydrogens is 479 g/mol. The van der Waals surface area contributed by atoms with Crippen LogP contribution >= 0.6 is 24.0 Å². The van der Waals surface area contributed by atoms with Crippen molar-refractivity contribution in [1.29, 1.82) is 0 Å². The van der Waals surface area contributed by atoms with Crippen molar-refractivity contribution in [3.05, 3.63) is 42.5 Å². The van der Waals surface area contributed by atoms with Crippen molar-refractivity contribution in [3.8, 4) is 5.75 Å². The number of halogens is 1. The molecule has 1 saturated heterocycles. The second-order valence-electron chi connectivity index (χ2n) is 6.92. The lowest BCUT2D eigenvalue weighted by Gasteiger charge is -2.15. The van der Waals surface area contributed by atoms with E-state index in [0.29, 0.717) is 12.6 Å². The SMILES string of the molecule is CCNC(=NCC(=O)N1CCCC1)NCCCOc1ccc2ccccc2c1.I. The number of rotatable bonds is 8. The maximum absolute atomic E-state index is 12.1. The van der Waals surface area contributed by atoms with Crippen LogP contribution in [0.4, 0.5) is 0 Å². The Labute approximate surface area is 190 Å². The van der Waals surface area contributed by atoms with Gasteiger partial charge in [-0.2, -0.15) is 0 Å². The van der Waals surface area contributed by atoms with Gasteiger partial charge in [-0.05, 0) is 49.1 Å². The maximum Gasteiger partial charge on any atom is 0.244 e. The summed E-state index contributed by atoms with van der Waals surface area (Å²) >= 11 is 0. The lowest BCUT2D eigenvalue weighted by atomic mass is 10.1. The number of hydrogen-bond acceptors (Lipinski definition) is 3. The number of hydrogen-bond donors (Lipinski definition) is 2. The number of guanidine groups is 1. The zero-order chi connectivity index (χ0) is 19.6. The minimum absolute atomic E-state index is 0. The van der Waals surface area contributed by atoms with E-state index in [4.69, 9.17) is 4.74 Å². The van der Waals surface area contributed by atoms with Crippen LogP contribution in [0.5, 0.6) is 5.75 Å². The second-order valence-corrected chi connectivity index (χ2v) is 6.92. The van der Waals surface area contributed by atoms with Gasteiger partial charge in [0.05, 0.1) is 6.61 Å². The van der Waals surface area contributed by atoms with Crippen molar-refractivity contribution in [2.75, 3.05) is 39.3 Å². The third-order valence-corrected chi connectivity index (χ3v) is 4.78. The highest BCUT2D eigenvalue weighted by molar-refractivity contribution is 14.0. The molecule has 1 amide bonds. The van der Waals surface area contributed by atoms with Crippen LogP contribution in [-0.2, 0) is 4.79 Å². The van der Waals surface area contributed by atoms with Crippen LogP contribution in [-0.4, -0.2) is 56.1 Å². The predicted octanol–water partition coefficient (Wildman–Crippen LogP) is 3.40. The van der Waals surface area contributed by atoms with Gasteiger partial charge in [-0.25, -0.2) is 4.99 Å². The van der Waals surface area contributed by atoms with Gasteiger partial charge in [0.25, 0.3) is 0 Å². The van der Waals surface area contributed by atoms with Crippen LogP contribution in [0, 0.1) is 0 Å². The summed E-state index contributed by atoms with van der Waals surface area (Å²) < 4.78 is 5.86. The smallest absolute Gasteiger partial charge is 0.244 e. The van der Waals surface area contributed by atoms with Crippen LogP contribution in [0.2, 0.25) is 0 Å². The molecule has 2 aromatic carbocycles. The predicted molar refractivity (Wildman–Crippen MR) is 129 cm³/mol. The number of likely N-dealkylation sites (tertiary alicyclic amines) is 1. The molecule has 3 rings (SSSR count). The van der Waals surface area contributed by atoms with Crippen molar-refractivity contribution >= 4 is 46.6 Å². The standard InChI is InChI=1S/C22H30N4O2.HI/c1-2-23-22(25-17-21(27)26-13-5-6-14-26)24-12-7-15-28-20-11-10-18-8-3-4-9-19(18)16-20;/h3-4,8-11,16H,2,5-7,12-15,17H2,1H3,(H2,23,24,25);1H. The molecule has 29 heavy (non-hydrogen) atoms. The fourth-order valence-electron chi connectivity index (χ4n) is 3.28. The first-order valence-corrected chi connectivity index (χ1v) is 10.2. The van der Waals surface area contributed by atoms with Crippen molar-refractivity contribution in [2.45, 2.75) is 26.2 Å². The zero-order valence-electron chi connectivity index (χ0n) is 17.0. The molecule has 7 heteroatoms. The van der Waals surface area contributed by atoms with Crippen LogP contribution in [0.25, 0.3) is 10.8 Å². The molecule has 1 heterocycles. The number of nitrogens with one attached hydrogen (secondary N) is 2. The molecule has 0 unspecified atom stereocenters. The lowest BCUT2D eigenvalue weighted by Crippen LogP contribution is -2.39. The Morgan fingerprint density at radius 3 is 2.62 bits per heavy atom. The largest absolute Gasteiger partial charge is 0.494 e. The van der Waals surface area contributed by atoms with Gasteiger partial charge in [0.2, 0.25) is 5.91 Å². The molecule has 1 fully saturated rings. The van der Waals surface area contributed by atoms with E-state index in [9.17, 15) is 4.79 Å². The first-order valence-electron chi connectivity index (χ1n) is 10.2. The number of fused-ring (bicyclic) bond motifs is 1. The van der Waals surface area contributed by atoms with Crippen LogP contribution in [0.1, 0.15) is 26.2 Å². The van der Waals surface area contributed by atoms with E-state index in [1.807, 2.05) is 30.0 Å². The summed E-state index contributed by atoms with van der Waals surface area (Å²) in [6, 6.07) is 14.4. The van der Waals surface area contributed by atoms with Gasteiger partial charge in [-0.3, -0.25) is 4.79 Å².